The van der Waals surface area contributed by atoms with Crippen molar-refractivity contribution in [1.82, 2.24) is 0 Å². The molecule has 0 aromatic heterocycles. The van der Waals surface area contributed by atoms with E-state index in [4.69, 9.17) is 9.47 Å². The van der Waals surface area contributed by atoms with E-state index in [0.717, 1.165) is 11.1 Å². The van der Waals surface area contributed by atoms with Crippen LogP contribution >= 0.6 is 0 Å². The van der Waals surface area contributed by atoms with Crippen molar-refractivity contribution in [2.24, 2.45) is 11.8 Å². The molecule has 2 atom stereocenters. The number of rotatable bonds is 2. The van der Waals surface area contributed by atoms with Crippen molar-refractivity contribution in [1.29, 1.82) is 0 Å². The Hall–Kier alpha value is -2.72. The van der Waals surface area contributed by atoms with Crippen LogP contribution in [0.15, 0.2) is 24.3 Å². The number of carbonyl (C=O) groups is 2. The molecule has 0 spiro atoms. The zero-order valence-electron chi connectivity index (χ0n) is 16.9. The topological polar surface area (TPSA) is 52.6 Å². The van der Waals surface area contributed by atoms with Crippen molar-refractivity contribution in [2.45, 2.75) is 64.6 Å². The lowest BCUT2D eigenvalue weighted by molar-refractivity contribution is -0.149. The number of esters is 2. The summed E-state index contributed by atoms with van der Waals surface area (Å²) in [5.41, 5.74) is 0.942. The summed E-state index contributed by atoms with van der Waals surface area (Å²) < 4.78 is 10.7. The van der Waals surface area contributed by atoms with Crippen molar-refractivity contribution in [2.75, 3.05) is 0 Å². The zero-order valence-corrected chi connectivity index (χ0v) is 16.9. The summed E-state index contributed by atoms with van der Waals surface area (Å²) in [7, 11) is 0. The van der Waals surface area contributed by atoms with Gasteiger partial charge in [0.1, 0.15) is 11.2 Å². The van der Waals surface area contributed by atoms with Crippen molar-refractivity contribution >= 4 is 11.9 Å². The number of carbonyl (C=O) groups excluding carboxylic acids is 2. The minimum atomic E-state index is -0.389. The summed E-state index contributed by atoms with van der Waals surface area (Å²) >= 11 is 0. The fourth-order valence-electron chi connectivity index (χ4n) is 3.69. The lowest BCUT2D eigenvalue weighted by atomic mass is 9.95. The number of hydrogen-bond acceptors (Lipinski definition) is 4. The summed E-state index contributed by atoms with van der Waals surface area (Å²) in [5, 5.41) is 0. The molecule has 146 valence electrons. The first-order valence-electron chi connectivity index (χ1n) is 9.67. The standard InChI is InChI=1S/C24H26O4/c1-23(2)15-19(21(25)27-23)12-6-10-17-8-5-9-18(14-17)11-7-13-20-16-24(3,4)28-22(20)26/h5,8-9,14,19-20H,12-13,15-16H2,1-4H3. The summed E-state index contributed by atoms with van der Waals surface area (Å²) in [6.07, 6.45) is 2.40. The van der Waals surface area contributed by atoms with Crippen LogP contribution < -0.4 is 0 Å². The average Bonchev–Trinajstić information content (AvgIpc) is 3.00. The van der Waals surface area contributed by atoms with Gasteiger partial charge in [-0.2, -0.15) is 0 Å². The second-order valence-electron chi connectivity index (χ2n) is 8.76. The van der Waals surface area contributed by atoms with Gasteiger partial charge in [-0.25, -0.2) is 0 Å². The van der Waals surface area contributed by atoms with Crippen LogP contribution in [0, 0.1) is 35.5 Å². The van der Waals surface area contributed by atoms with E-state index in [1.54, 1.807) is 0 Å². The van der Waals surface area contributed by atoms with Crippen LogP contribution in [0.5, 0.6) is 0 Å². The highest BCUT2D eigenvalue weighted by atomic mass is 16.6. The van der Waals surface area contributed by atoms with E-state index in [9.17, 15) is 9.59 Å². The molecule has 2 saturated heterocycles. The van der Waals surface area contributed by atoms with E-state index in [0.29, 0.717) is 25.7 Å². The Morgan fingerprint density at radius 2 is 1.29 bits per heavy atom. The van der Waals surface area contributed by atoms with E-state index >= 15 is 0 Å². The van der Waals surface area contributed by atoms with Crippen LogP contribution in [0.3, 0.4) is 0 Å². The first-order valence-corrected chi connectivity index (χ1v) is 9.67. The van der Waals surface area contributed by atoms with E-state index in [2.05, 4.69) is 23.7 Å². The second-order valence-corrected chi connectivity index (χ2v) is 8.76. The van der Waals surface area contributed by atoms with E-state index in [1.165, 1.54) is 0 Å². The van der Waals surface area contributed by atoms with E-state index in [1.807, 2.05) is 52.0 Å². The van der Waals surface area contributed by atoms with Crippen LogP contribution in [0.1, 0.15) is 64.5 Å². The molecule has 1 aromatic rings. The molecule has 2 aliphatic heterocycles. The molecule has 28 heavy (non-hydrogen) atoms. The Morgan fingerprint density at radius 1 is 0.857 bits per heavy atom. The third-order valence-corrected chi connectivity index (χ3v) is 4.92. The molecule has 0 radical (unpaired) electrons. The van der Waals surface area contributed by atoms with Crippen molar-refractivity contribution in [3.63, 3.8) is 0 Å². The minimum absolute atomic E-state index is 0.152. The van der Waals surface area contributed by atoms with Crippen molar-refractivity contribution in [3.05, 3.63) is 35.4 Å². The molecule has 2 aliphatic rings. The van der Waals surface area contributed by atoms with Crippen LogP contribution in [0.2, 0.25) is 0 Å². The smallest absolute Gasteiger partial charge is 0.310 e. The van der Waals surface area contributed by atoms with Gasteiger partial charge in [0.05, 0.1) is 11.8 Å². The number of hydrogen-bond donors (Lipinski definition) is 0. The predicted octanol–water partition coefficient (Wildman–Crippen LogP) is 3.85. The molecule has 0 saturated carbocycles. The van der Waals surface area contributed by atoms with Crippen LogP contribution in [-0.4, -0.2) is 23.1 Å². The van der Waals surface area contributed by atoms with Gasteiger partial charge >= 0.3 is 11.9 Å². The maximum absolute atomic E-state index is 11.8. The van der Waals surface area contributed by atoms with Crippen molar-refractivity contribution < 1.29 is 19.1 Å². The van der Waals surface area contributed by atoms with Gasteiger partial charge in [0.2, 0.25) is 0 Å². The molecule has 0 aliphatic carbocycles. The first kappa shape index (κ1) is 20.0. The number of cyclic esters (lactones) is 2. The lowest BCUT2D eigenvalue weighted by Gasteiger charge is -2.14. The number of benzene rings is 1. The highest BCUT2D eigenvalue weighted by Crippen LogP contribution is 2.32. The molecule has 3 rings (SSSR count). The molecule has 0 bridgehead atoms. The van der Waals surface area contributed by atoms with Crippen LogP contribution in [0.4, 0.5) is 0 Å². The molecular formula is C24H26O4. The van der Waals surface area contributed by atoms with Crippen LogP contribution in [-0.2, 0) is 19.1 Å². The maximum Gasteiger partial charge on any atom is 0.310 e. The third-order valence-electron chi connectivity index (χ3n) is 4.92. The second kappa shape index (κ2) is 7.72. The van der Waals surface area contributed by atoms with Gasteiger partial charge in [0.25, 0.3) is 0 Å². The molecule has 2 unspecified atom stereocenters. The van der Waals surface area contributed by atoms with Gasteiger partial charge in [0.15, 0.2) is 0 Å². The van der Waals surface area contributed by atoms with E-state index < -0.39 is 0 Å². The summed E-state index contributed by atoms with van der Waals surface area (Å²) in [5.74, 6) is 11.8. The van der Waals surface area contributed by atoms with Gasteiger partial charge < -0.3 is 9.47 Å². The number of ether oxygens (including phenoxy) is 2. The normalized spacial score (nSPS) is 24.4. The third kappa shape index (κ3) is 5.17. The molecule has 4 nitrogen and oxygen atoms in total. The quantitative estimate of drug-likeness (QED) is 0.579. The Bertz CT molecular complexity index is 831. The van der Waals surface area contributed by atoms with Gasteiger partial charge in [-0.1, -0.05) is 29.7 Å². The van der Waals surface area contributed by atoms with Crippen molar-refractivity contribution in [3.8, 4) is 23.7 Å². The lowest BCUT2D eigenvalue weighted by Crippen LogP contribution is -2.17. The largest absolute Gasteiger partial charge is 0.459 e. The molecular weight excluding hydrogens is 352 g/mol. The molecule has 2 fully saturated rings. The van der Waals surface area contributed by atoms with Gasteiger partial charge in [-0.15, -0.1) is 0 Å². The molecule has 2 heterocycles. The Balaban J connectivity index is 1.58. The molecule has 1 aromatic carbocycles. The average molecular weight is 378 g/mol. The Labute approximate surface area is 167 Å². The molecule has 0 amide bonds. The van der Waals surface area contributed by atoms with E-state index in [-0.39, 0.29) is 35.0 Å². The maximum atomic E-state index is 11.8. The molecule has 4 heteroatoms. The Morgan fingerprint density at radius 3 is 1.64 bits per heavy atom. The van der Waals surface area contributed by atoms with Gasteiger partial charge in [-0.3, -0.25) is 9.59 Å². The summed E-state index contributed by atoms with van der Waals surface area (Å²) in [4.78, 5) is 23.7. The SMILES string of the molecule is CC1(C)CC(CC#Cc2cccc(C#CCC3CC(C)(C)OC3=O)c2)C(=O)O1. The molecule has 0 N–H and O–H groups in total. The highest BCUT2D eigenvalue weighted by Gasteiger charge is 2.40. The van der Waals surface area contributed by atoms with Gasteiger partial charge in [-0.05, 0) is 45.9 Å². The fourth-order valence-corrected chi connectivity index (χ4v) is 3.69. The minimum Gasteiger partial charge on any atom is -0.459 e. The monoisotopic (exact) mass is 378 g/mol. The first-order chi connectivity index (χ1) is 13.1. The predicted molar refractivity (Wildman–Crippen MR) is 106 cm³/mol. The highest BCUT2D eigenvalue weighted by molar-refractivity contribution is 5.76. The van der Waals surface area contributed by atoms with Gasteiger partial charge in [0, 0.05) is 36.8 Å². The fraction of sp³-hybridized carbons (Fsp3) is 0.500. The summed E-state index contributed by atoms with van der Waals surface area (Å²) in [6, 6.07) is 7.68. The Kier molecular flexibility index (Phi) is 5.52. The summed E-state index contributed by atoms with van der Waals surface area (Å²) in [6.45, 7) is 7.69. The zero-order chi connectivity index (χ0) is 20.4. The van der Waals surface area contributed by atoms with Crippen LogP contribution in [0.25, 0.3) is 0 Å².